The lowest BCUT2D eigenvalue weighted by Crippen LogP contribution is -2.35. The number of halogens is 1. The Morgan fingerprint density at radius 1 is 1.42 bits per heavy atom. The van der Waals surface area contributed by atoms with Crippen molar-refractivity contribution in [3.05, 3.63) is 28.8 Å². The second kappa shape index (κ2) is 6.29. The van der Waals surface area contributed by atoms with E-state index in [9.17, 15) is 9.90 Å². The third-order valence-corrected chi connectivity index (χ3v) is 4.18. The van der Waals surface area contributed by atoms with Crippen LogP contribution < -0.4 is 4.90 Å². The summed E-state index contributed by atoms with van der Waals surface area (Å²) in [5, 5.41) is 9.72. The predicted molar refractivity (Wildman–Crippen MR) is 78.3 cm³/mol. The van der Waals surface area contributed by atoms with Crippen molar-refractivity contribution in [3.63, 3.8) is 0 Å². The van der Waals surface area contributed by atoms with Crippen LogP contribution in [0.3, 0.4) is 0 Å². The van der Waals surface area contributed by atoms with Crippen LogP contribution >= 0.6 is 11.6 Å². The normalized spacial score (nSPS) is 20.1. The summed E-state index contributed by atoms with van der Waals surface area (Å²) in [6.07, 6.45) is 5.71. The van der Waals surface area contributed by atoms with Crippen molar-refractivity contribution in [3.8, 4) is 0 Å². The zero-order valence-electron chi connectivity index (χ0n) is 11.2. The molecule has 0 spiro atoms. The van der Waals surface area contributed by atoms with Gasteiger partial charge < -0.3 is 10.0 Å². The molecule has 1 aromatic carbocycles. The maximum atomic E-state index is 11.5. The van der Waals surface area contributed by atoms with Crippen LogP contribution in [0.4, 0.5) is 5.69 Å². The van der Waals surface area contributed by atoms with E-state index in [1.54, 1.807) is 6.07 Å². The Balaban J connectivity index is 2.43. The van der Waals surface area contributed by atoms with Gasteiger partial charge in [-0.15, -0.1) is 0 Å². The molecule has 2 rings (SSSR count). The molecule has 0 amide bonds. The van der Waals surface area contributed by atoms with Crippen LogP contribution in [0.15, 0.2) is 18.2 Å². The zero-order valence-corrected chi connectivity index (χ0v) is 12.0. The molecule has 1 N–H and O–H groups in total. The van der Waals surface area contributed by atoms with E-state index in [2.05, 4.69) is 11.8 Å². The maximum absolute atomic E-state index is 11.5. The second-order valence-corrected chi connectivity index (χ2v) is 5.45. The van der Waals surface area contributed by atoms with Crippen molar-refractivity contribution < 1.29 is 9.90 Å². The van der Waals surface area contributed by atoms with Gasteiger partial charge >= 0.3 is 5.97 Å². The van der Waals surface area contributed by atoms with Gasteiger partial charge in [0.2, 0.25) is 0 Å². The van der Waals surface area contributed by atoms with Gasteiger partial charge in [-0.25, -0.2) is 4.79 Å². The van der Waals surface area contributed by atoms with Crippen LogP contribution in [0.2, 0.25) is 5.02 Å². The number of anilines is 1. The average Bonchev–Trinajstić information content (AvgIpc) is 2.62. The summed E-state index contributed by atoms with van der Waals surface area (Å²) in [7, 11) is 0. The maximum Gasteiger partial charge on any atom is 0.339 e. The van der Waals surface area contributed by atoms with E-state index in [0.717, 1.165) is 31.5 Å². The highest BCUT2D eigenvalue weighted by Crippen LogP contribution is 2.32. The molecule has 4 heteroatoms. The minimum Gasteiger partial charge on any atom is -0.478 e. The number of carbonyl (C=O) groups is 1. The first-order chi connectivity index (χ1) is 9.15. The first-order valence-electron chi connectivity index (χ1n) is 6.93. The first kappa shape index (κ1) is 14.2. The van der Waals surface area contributed by atoms with E-state index < -0.39 is 5.97 Å². The van der Waals surface area contributed by atoms with Crippen LogP contribution in [0, 0.1) is 0 Å². The Kier molecular flexibility index (Phi) is 4.70. The van der Waals surface area contributed by atoms with Crippen molar-refractivity contribution in [2.45, 2.75) is 45.1 Å². The van der Waals surface area contributed by atoms with E-state index in [1.807, 2.05) is 12.1 Å². The molecule has 1 aliphatic heterocycles. The Hall–Kier alpha value is -1.22. The molecule has 0 aromatic heterocycles. The number of nitrogens with zero attached hydrogens (tertiary/aromatic N) is 1. The Morgan fingerprint density at radius 3 is 2.89 bits per heavy atom. The highest BCUT2D eigenvalue weighted by molar-refractivity contribution is 6.34. The van der Waals surface area contributed by atoms with Crippen LogP contribution in [0.1, 0.15) is 49.4 Å². The van der Waals surface area contributed by atoms with Crippen LogP contribution in [-0.4, -0.2) is 23.7 Å². The quantitative estimate of drug-likeness (QED) is 0.903. The topological polar surface area (TPSA) is 40.5 Å². The van der Waals surface area contributed by atoms with E-state index in [1.165, 1.54) is 12.8 Å². The highest BCUT2D eigenvalue weighted by atomic mass is 35.5. The molecule has 1 aliphatic rings. The van der Waals surface area contributed by atoms with Crippen molar-refractivity contribution in [2.24, 2.45) is 0 Å². The molecule has 1 heterocycles. The summed E-state index contributed by atoms with van der Waals surface area (Å²) in [6, 6.07) is 5.78. The van der Waals surface area contributed by atoms with Crippen molar-refractivity contribution in [1.82, 2.24) is 0 Å². The zero-order chi connectivity index (χ0) is 13.8. The fourth-order valence-corrected chi connectivity index (χ4v) is 3.13. The number of hydrogen-bond acceptors (Lipinski definition) is 2. The minimum atomic E-state index is -0.945. The summed E-state index contributed by atoms with van der Waals surface area (Å²) in [6.45, 7) is 3.08. The number of rotatable bonds is 3. The molecule has 0 radical (unpaired) electrons. The van der Waals surface area contributed by atoms with Crippen LogP contribution in [0.25, 0.3) is 0 Å². The largest absolute Gasteiger partial charge is 0.478 e. The molecule has 1 fully saturated rings. The number of hydrogen-bond donors (Lipinski definition) is 1. The lowest BCUT2D eigenvalue weighted by Gasteiger charge is -2.32. The smallest absolute Gasteiger partial charge is 0.339 e. The fourth-order valence-electron chi connectivity index (χ4n) is 2.88. The molecule has 0 aliphatic carbocycles. The molecule has 1 aromatic rings. The van der Waals surface area contributed by atoms with Gasteiger partial charge in [-0.1, -0.05) is 37.4 Å². The molecule has 0 saturated carbocycles. The number of aromatic carboxylic acids is 1. The van der Waals surface area contributed by atoms with E-state index in [-0.39, 0.29) is 5.56 Å². The second-order valence-electron chi connectivity index (χ2n) is 5.04. The molecule has 1 atom stereocenters. The molecular formula is C15H20ClNO2. The molecule has 0 bridgehead atoms. The van der Waals surface area contributed by atoms with Crippen LogP contribution in [-0.2, 0) is 0 Å². The van der Waals surface area contributed by atoms with E-state index >= 15 is 0 Å². The van der Waals surface area contributed by atoms with Gasteiger partial charge in [0, 0.05) is 12.6 Å². The van der Waals surface area contributed by atoms with Gasteiger partial charge in [0.25, 0.3) is 0 Å². The summed E-state index contributed by atoms with van der Waals surface area (Å²) in [5.41, 5.74) is 1.01. The lowest BCUT2D eigenvalue weighted by molar-refractivity contribution is 0.0697. The highest BCUT2D eigenvalue weighted by Gasteiger charge is 2.25. The predicted octanol–water partition coefficient (Wildman–Crippen LogP) is 4.20. The van der Waals surface area contributed by atoms with Crippen LogP contribution in [0.5, 0.6) is 0 Å². The molecule has 1 saturated heterocycles. The first-order valence-corrected chi connectivity index (χ1v) is 7.31. The fraction of sp³-hybridized carbons (Fsp3) is 0.533. The standard InChI is InChI=1S/C15H20ClNO2/c1-2-11-7-4-3-5-10-17(11)13-9-6-8-12(16)14(13)15(18)19/h6,8-9,11H,2-5,7,10H2,1H3,(H,18,19). The van der Waals surface area contributed by atoms with Crippen molar-refractivity contribution in [1.29, 1.82) is 0 Å². The van der Waals surface area contributed by atoms with Crippen molar-refractivity contribution in [2.75, 3.05) is 11.4 Å². The van der Waals surface area contributed by atoms with Gasteiger partial charge in [0.1, 0.15) is 5.56 Å². The van der Waals surface area contributed by atoms with Gasteiger partial charge in [0.05, 0.1) is 10.7 Å². The molecule has 3 nitrogen and oxygen atoms in total. The SMILES string of the molecule is CCC1CCCCCN1c1cccc(Cl)c1C(=O)O. The summed E-state index contributed by atoms with van der Waals surface area (Å²) in [4.78, 5) is 13.7. The monoisotopic (exact) mass is 281 g/mol. The number of carboxylic acids is 1. The minimum absolute atomic E-state index is 0.240. The Bertz CT molecular complexity index is 461. The molecule has 1 unspecified atom stereocenters. The average molecular weight is 282 g/mol. The number of carboxylic acid groups (broad SMARTS) is 1. The lowest BCUT2D eigenvalue weighted by atomic mass is 10.1. The van der Waals surface area contributed by atoms with E-state index in [4.69, 9.17) is 11.6 Å². The van der Waals surface area contributed by atoms with E-state index in [0.29, 0.717) is 11.1 Å². The summed E-state index contributed by atoms with van der Waals surface area (Å²) in [5.74, 6) is -0.945. The Labute approximate surface area is 119 Å². The summed E-state index contributed by atoms with van der Waals surface area (Å²) < 4.78 is 0. The molecule has 104 valence electrons. The number of benzene rings is 1. The summed E-state index contributed by atoms with van der Waals surface area (Å²) >= 11 is 6.07. The molecule has 19 heavy (non-hydrogen) atoms. The third-order valence-electron chi connectivity index (χ3n) is 3.86. The Morgan fingerprint density at radius 2 is 2.21 bits per heavy atom. The molecular weight excluding hydrogens is 262 g/mol. The van der Waals surface area contributed by atoms with Gasteiger partial charge in [-0.2, -0.15) is 0 Å². The van der Waals surface area contributed by atoms with Crippen molar-refractivity contribution >= 4 is 23.3 Å². The third kappa shape index (κ3) is 3.03. The van der Waals surface area contributed by atoms with Gasteiger partial charge in [-0.3, -0.25) is 0 Å². The van der Waals surface area contributed by atoms with Gasteiger partial charge in [0.15, 0.2) is 0 Å². The van der Waals surface area contributed by atoms with Gasteiger partial charge in [-0.05, 0) is 31.4 Å².